The normalized spacial score (nSPS) is 16.6. The first-order valence-electron chi connectivity index (χ1n) is 11.1. The zero-order chi connectivity index (χ0) is 29.9. The molecule has 1 amide bonds. The Labute approximate surface area is 228 Å². The number of nitrogens with two attached hydrogens (primary N) is 1. The van der Waals surface area contributed by atoms with Crippen molar-refractivity contribution in [1.29, 1.82) is 0 Å². The fraction of sp³-hybridized carbons (Fsp3) is 0.375. The molecule has 14 nitrogen and oxygen atoms in total. The average molecular weight is 571 g/mol. The fourth-order valence-corrected chi connectivity index (χ4v) is 3.75. The maximum absolute atomic E-state index is 11.8. The summed E-state index contributed by atoms with van der Waals surface area (Å²) in [4.78, 5) is 55.0. The third-order valence-corrected chi connectivity index (χ3v) is 5.79. The second kappa shape index (κ2) is 15.2. The largest absolute Gasteiger partial charge is 0.493 e. The second-order valence-electron chi connectivity index (χ2n) is 7.98. The molecule has 6 N–H and O–H groups in total. The molecule has 1 aromatic heterocycles. The van der Waals surface area contributed by atoms with Crippen LogP contribution in [0.4, 0.5) is 0 Å². The van der Waals surface area contributed by atoms with Crippen molar-refractivity contribution in [3.63, 3.8) is 0 Å². The van der Waals surface area contributed by atoms with Crippen molar-refractivity contribution in [3.05, 3.63) is 47.4 Å². The van der Waals surface area contributed by atoms with Crippen LogP contribution in [0.3, 0.4) is 0 Å². The number of hydrogen-bond donors (Lipinski definition) is 6. The molecule has 15 heteroatoms. The molecule has 1 fully saturated rings. The van der Waals surface area contributed by atoms with Crippen LogP contribution in [0.15, 0.2) is 35.1 Å². The summed E-state index contributed by atoms with van der Waals surface area (Å²) in [5.41, 5.74) is 5.13. The minimum atomic E-state index is -1.31. The highest BCUT2D eigenvalue weighted by Crippen LogP contribution is 2.40. The van der Waals surface area contributed by atoms with Gasteiger partial charge in [0.15, 0.2) is 11.5 Å². The lowest BCUT2D eigenvalue weighted by Gasteiger charge is -2.24. The van der Waals surface area contributed by atoms with Crippen LogP contribution >= 0.6 is 12.6 Å². The van der Waals surface area contributed by atoms with Crippen LogP contribution < -0.4 is 15.2 Å². The third-order valence-electron chi connectivity index (χ3n) is 5.53. The SMILES string of the molecule is COc1ccc(C2C(C(=O)O)CC(=O)N2C)cc1OC.NC(CCS)C(=O)O.O=C(O)c1cocc1C(=O)O. The zero-order valence-electron chi connectivity index (χ0n) is 21.3. The molecule has 1 aromatic carbocycles. The number of furan rings is 1. The number of ether oxygens (including phenoxy) is 2. The number of carboxylic acid groups (broad SMARTS) is 4. The smallest absolute Gasteiger partial charge is 0.339 e. The van der Waals surface area contributed by atoms with Crippen LogP contribution in [-0.2, 0) is 14.4 Å². The van der Waals surface area contributed by atoms with Crippen LogP contribution in [0, 0.1) is 5.92 Å². The zero-order valence-corrected chi connectivity index (χ0v) is 22.2. The van der Waals surface area contributed by atoms with E-state index in [4.69, 9.17) is 30.5 Å². The maximum atomic E-state index is 11.8. The van der Waals surface area contributed by atoms with E-state index in [-0.39, 0.29) is 23.5 Å². The predicted molar refractivity (Wildman–Crippen MR) is 138 cm³/mol. The summed E-state index contributed by atoms with van der Waals surface area (Å²) in [6, 6.07) is 3.96. The number of amides is 1. The lowest BCUT2D eigenvalue weighted by Crippen LogP contribution is -2.30. The number of nitrogens with zero attached hydrogens (tertiary/aromatic N) is 1. The monoisotopic (exact) mass is 570 g/mol. The Morgan fingerprint density at radius 2 is 1.59 bits per heavy atom. The lowest BCUT2D eigenvalue weighted by atomic mass is 9.93. The summed E-state index contributed by atoms with van der Waals surface area (Å²) >= 11 is 3.81. The second-order valence-corrected chi connectivity index (χ2v) is 8.43. The van der Waals surface area contributed by atoms with E-state index in [9.17, 15) is 29.1 Å². The number of carboxylic acids is 4. The van der Waals surface area contributed by atoms with Gasteiger partial charge in [-0.05, 0) is 29.9 Å². The molecule has 1 aliphatic rings. The molecule has 0 aliphatic carbocycles. The van der Waals surface area contributed by atoms with E-state index in [2.05, 4.69) is 17.0 Å². The van der Waals surface area contributed by atoms with Gasteiger partial charge >= 0.3 is 23.9 Å². The van der Waals surface area contributed by atoms with Gasteiger partial charge in [0.1, 0.15) is 29.7 Å². The average Bonchev–Trinajstić information content (AvgIpc) is 3.50. The Hall–Kier alpha value is -4.24. The highest BCUT2D eigenvalue weighted by atomic mass is 32.1. The molecule has 3 atom stereocenters. The Morgan fingerprint density at radius 1 is 1.05 bits per heavy atom. The van der Waals surface area contributed by atoms with E-state index < -0.39 is 41.9 Å². The van der Waals surface area contributed by atoms with E-state index in [1.165, 1.54) is 19.1 Å². The highest BCUT2D eigenvalue weighted by Gasteiger charge is 2.43. The third kappa shape index (κ3) is 8.93. The number of aromatic carboxylic acids is 2. The van der Waals surface area contributed by atoms with Crippen molar-refractivity contribution in [2.24, 2.45) is 11.7 Å². The van der Waals surface area contributed by atoms with Gasteiger partial charge in [-0.15, -0.1) is 0 Å². The van der Waals surface area contributed by atoms with E-state index in [1.807, 2.05) is 0 Å². The summed E-state index contributed by atoms with van der Waals surface area (Å²) in [7, 11) is 4.66. The Bertz CT molecular complexity index is 1150. The number of carbonyl (C=O) groups is 5. The number of thiol groups is 1. The maximum Gasteiger partial charge on any atom is 0.339 e. The number of rotatable bonds is 9. The topological polar surface area (TPSA) is 227 Å². The van der Waals surface area contributed by atoms with Gasteiger partial charge in [-0.3, -0.25) is 14.4 Å². The molecule has 3 rings (SSSR count). The molecule has 0 saturated carbocycles. The van der Waals surface area contributed by atoms with Gasteiger partial charge in [-0.25, -0.2) is 9.59 Å². The molecule has 2 aromatic rings. The first-order chi connectivity index (χ1) is 18.3. The van der Waals surface area contributed by atoms with Gasteiger partial charge < -0.3 is 45.0 Å². The molecule has 0 bridgehead atoms. The lowest BCUT2D eigenvalue weighted by molar-refractivity contribution is -0.142. The number of likely N-dealkylation sites (tertiary alicyclic amines) is 1. The van der Waals surface area contributed by atoms with Crippen molar-refractivity contribution in [1.82, 2.24) is 4.90 Å². The number of benzene rings is 1. The number of hydrogen-bond acceptors (Lipinski definition) is 10. The number of methoxy groups -OCH3 is 2. The minimum Gasteiger partial charge on any atom is -0.493 e. The first-order valence-corrected chi connectivity index (χ1v) is 11.8. The quantitative estimate of drug-likeness (QED) is 0.236. The minimum absolute atomic E-state index is 0.0187. The molecule has 2 heterocycles. The van der Waals surface area contributed by atoms with E-state index in [0.717, 1.165) is 18.1 Å². The van der Waals surface area contributed by atoms with Crippen LogP contribution in [0.5, 0.6) is 11.5 Å². The summed E-state index contributed by atoms with van der Waals surface area (Å²) in [5.74, 6) is -3.86. The van der Waals surface area contributed by atoms with Crippen molar-refractivity contribution >= 4 is 42.4 Å². The molecule has 214 valence electrons. The summed E-state index contributed by atoms with van der Waals surface area (Å²) in [5, 5.41) is 34.2. The van der Waals surface area contributed by atoms with Crippen LogP contribution in [-0.4, -0.2) is 88.2 Å². The standard InChI is InChI=1S/C14H17NO5.C6H4O5.C4H9NO2S/c1-15-12(16)7-9(14(17)18)13(15)8-4-5-10(19-2)11(6-8)20-3;7-5(8)3-1-11-2-4(3)6(9)10;5-3(1-2-8)4(6)7/h4-6,9,13H,7H2,1-3H3,(H,17,18);1-2H,(H,7,8)(H,9,10);3,8H,1-2,5H2,(H,6,7). The molecule has 1 saturated heterocycles. The van der Waals surface area contributed by atoms with E-state index >= 15 is 0 Å². The molecule has 3 unspecified atom stereocenters. The molecule has 39 heavy (non-hydrogen) atoms. The first kappa shape index (κ1) is 32.8. The van der Waals surface area contributed by atoms with Gasteiger partial charge in [0.05, 0.1) is 26.2 Å². The fourth-order valence-electron chi connectivity index (χ4n) is 3.47. The Balaban J connectivity index is 0.000000336. The number of carbonyl (C=O) groups excluding carboxylic acids is 1. The molecular formula is C24H30N2O12S. The summed E-state index contributed by atoms with van der Waals surface area (Å²) in [6.07, 6.45) is 2.21. The van der Waals surface area contributed by atoms with Crippen LogP contribution in [0.25, 0.3) is 0 Å². The Kier molecular flexibility index (Phi) is 12.8. The highest BCUT2D eigenvalue weighted by molar-refractivity contribution is 7.80. The molecular weight excluding hydrogens is 540 g/mol. The van der Waals surface area contributed by atoms with Gasteiger partial charge in [-0.2, -0.15) is 12.6 Å². The van der Waals surface area contributed by atoms with Crippen molar-refractivity contribution < 1.29 is 58.3 Å². The Morgan fingerprint density at radius 3 is 1.97 bits per heavy atom. The van der Waals surface area contributed by atoms with E-state index in [1.54, 1.807) is 25.2 Å². The van der Waals surface area contributed by atoms with Crippen LogP contribution in [0.1, 0.15) is 45.2 Å². The molecule has 1 aliphatic heterocycles. The van der Waals surface area contributed by atoms with Crippen molar-refractivity contribution in [3.8, 4) is 11.5 Å². The molecule has 0 radical (unpaired) electrons. The van der Waals surface area contributed by atoms with Gasteiger partial charge in [0, 0.05) is 13.5 Å². The van der Waals surface area contributed by atoms with Gasteiger partial charge in [-0.1, -0.05) is 6.07 Å². The van der Waals surface area contributed by atoms with Crippen LogP contribution in [0.2, 0.25) is 0 Å². The van der Waals surface area contributed by atoms with Gasteiger partial charge in [0.2, 0.25) is 5.91 Å². The van der Waals surface area contributed by atoms with Gasteiger partial charge in [0.25, 0.3) is 0 Å². The van der Waals surface area contributed by atoms with Crippen molar-refractivity contribution in [2.75, 3.05) is 27.0 Å². The summed E-state index contributed by atoms with van der Waals surface area (Å²) < 4.78 is 14.8. The van der Waals surface area contributed by atoms with Crippen molar-refractivity contribution in [2.45, 2.75) is 24.9 Å². The van der Waals surface area contributed by atoms with E-state index in [0.29, 0.717) is 23.7 Å². The predicted octanol–water partition coefficient (Wildman–Crippen LogP) is 1.70. The molecule has 0 spiro atoms. The summed E-state index contributed by atoms with van der Waals surface area (Å²) in [6.45, 7) is 0. The number of aliphatic carboxylic acids is 2.